The predicted molar refractivity (Wildman–Crippen MR) is 193 cm³/mol. The maximum absolute atomic E-state index is 11.9. The summed E-state index contributed by atoms with van der Waals surface area (Å²) >= 11 is 0. The summed E-state index contributed by atoms with van der Waals surface area (Å²) in [5.74, 6) is -0.0103. The molecule has 0 aromatic carbocycles. The lowest BCUT2D eigenvalue weighted by molar-refractivity contribution is -0.144. The zero-order chi connectivity index (χ0) is 33.1. The van der Waals surface area contributed by atoms with Gasteiger partial charge >= 0.3 is 11.9 Å². The van der Waals surface area contributed by atoms with Crippen molar-refractivity contribution in [2.24, 2.45) is 0 Å². The fourth-order valence-corrected chi connectivity index (χ4v) is 5.85. The number of hydrogen-bond donors (Lipinski definition) is 0. The first-order valence-electron chi connectivity index (χ1n) is 19.7. The highest BCUT2D eigenvalue weighted by molar-refractivity contribution is 5.69. The maximum Gasteiger partial charge on any atom is 0.305 e. The van der Waals surface area contributed by atoms with Gasteiger partial charge in [0.15, 0.2) is 0 Å². The van der Waals surface area contributed by atoms with Crippen LogP contribution in [-0.2, 0) is 19.1 Å². The van der Waals surface area contributed by atoms with Gasteiger partial charge in [-0.2, -0.15) is 0 Å². The van der Waals surface area contributed by atoms with E-state index in [-0.39, 0.29) is 11.9 Å². The monoisotopic (exact) mass is 639 g/mol. The Morgan fingerprint density at radius 2 is 0.733 bits per heavy atom. The standard InChI is InChI=1S/C39H78N2O4/c1-5-7-9-11-13-17-23-30-38(42)44-36-27-21-15-19-25-33-41(35-29-32-40(3)4)34-26-20-16-22-28-37-45-39(43)31-24-18-14-12-10-8-6-2/h5-37H2,1-4H3. The number of nitrogens with zero attached hydrogens (tertiary/aromatic N) is 2. The number of rotatable bonds is 36. The van der Waals surface area contributed by atoms with Crippen LogP contribution < -0.4 is 0 Å². The van der Waals surface area contributed by atoms with Gasteiger partial charge in [0.1, 0.15) is 0 Å². The zero-order valence-corrected chi connectivity index (χ0v) is 30.9. The molecular formula is C39H78N2O4. The molecule has 0 atom stereocenters. The minimum absolute atomic E-state index is 0.00515. The van der Waals surface area contributed by atoms with Crippen LogP contribution in [0.2, 0.25) is 0 Å². The second-order valence-electron chi connectivity index (χ2n) is 13.7. The molecule has 6 nitrogen and oxygen atoms in total. The molecule has 0 spiro atoms. The van der Waals surface area contributed by atoms with Crippen molar-refractivity contribution < 1.29 is 19.1 Å². The van der Waals surface area contributed by atoms with Crippen LogP contribution in [-0.4, -0.2) is 75.2 Å². The Labute approximate surface area is 281 Å². The number of unbranched alkanes of at least 4 members (excludes halogenated alkanes) is 20. The zero-order valence-electron chi connectivity index (χ0n) is 30.9. The van der Waals surface area contributed by atoms with Crippen molar-refractivity contribution in [1.29, 1.82) is 0 Å². The van der Waals surface area contributed by atoms with E-state index in [2.05, 4.69) is 37.7 Å². The van der Waals surface area contributed by atoms with Crippen LogP contribution in [0.3, 0.4) is 0 Å². The molecule has 0 heterocycles. The summed E-state index contributed by atoms with van der Waals surface area (Å²) in [5.41, 5.74) is 0. The summed E-state index contributed by atoms with van der Waals surface area (Å²) in [5, 5.41) is 0. The molecule has 0 fully saturated rings. The average Bonchev–Trinajstić information content (AvgIpc) is 3.02. The molecule has 45 heavy (non-hydrogen) atoms. The molecule has 0 bridgehead atoms. The first kappa shape index (κ1) is 43.9. The van der Waals surface area contributed by atoms with Crippen LogP contribution in [0.15, 0.2) is 0 Å². The summed E-state index contributed by atoms with van der Waals surface area (Å²) in [4.78, 5) is 28.8. The van der Waals surface area contributed by atoms with Gasteiger partial charge in [0, 0.05) is 12.8 Å². The van der Waals surface area contributed by atoms with Gasteiger partial charge in [0.05, 0.1) is 13.2 Å². The molecule has 0 saturated heterocycles. The molecular weight excluding hydrogens is 560 g/mol. The molecule has 0 aliphatic carbocycles. The fourth-order valence-electron chi connectivity index (χ4n) is 5.85. The van der Waals surface area contributed by atoms with Crippen molar-refractivity contribution in [2.45, 2.75) is 187 Å². The summed E-state index contributed by atoms with van der Waals surface area (Å²) in [7, 11) is 4.31. The van der Waals surface area contributed by atoms with Crippen molar-refractivity contribution in [3.05, 3.63) is 0 Å². The largest absolute Gasteiger partial charge is 0.466 e. The highest BCUT2D eigenvalue weighted by Crippen LogP contribution is 2.12. The van der Waals surface area contributed by atoms with E-state index in [4.69, 9.17) is 9.47 Å². The lowest BCUT2D eigenvalue weighted by atomic mass is 10.1. The second-order valence-corrected chi connectivity index (χ2v) is 13.7. The summed E-state index contributed by atoms with van der Waals surface area (Å²) in [6.07, 6.45) is 31.4. The third-order valence-electron chi connectivity index (χ3n) is 8.81. The Morgan fingerprint density at radius 1 is 0.400 bits per heavy atom. The van der Waals surface area contributed by atoms with E-state index >= 15 is 0 Å². The van der Waals surface area contributed by atoms with Gasteiger partial charge in [-0.15, -0.1) is 0 Å². The number of ether oxygens (including phenoxy) is 2. The van der Waals surface area contributed by atoms with Gasteiger partial charge in [0.2, 0.25) is 0 Å². The lowest BCUT2D eigenvalue weighted by Crippen LogP contribution is -2.29. The third kappa shape index (κ3) is 35.6. The number of carbonyl (C=O) groups excluding carboxylic acids is 2. The minimum atomic E-state index is -0.00515. The van der Waals surface area contributed by atoms with Gasteiger partial charge in [-0.1, -0.05) is 129 Å². The Kier molecular flexibility index (Phi) is 34.8. The van der Waals surface area contributed by atoms with Crippen molar-refractivity contribution in [3.8, 4) is 0 Å². The quantitative estimate of drug-likeness (QED) is 0.0503. The van der Waals surface area contributed by atoms with Gasteiger partial charge in [0.25, 0.3) is 0 Å². The number of esters is 2. The van der Waals surface area contributed by atoms with Gasteiger partial charge in [-0.3, -0.25) is 9.59 Å². The van der Waals surface area contributed by atoms with Gasteiger partial charge in [-0.05, 0) is 85.2 Å². The Hall–Kier alpha value is -1.14. The fraction of sp³-hybridized carbons (Fsp3) is 0.949. The molecule has 0 radical (unpaired) electrons. The molecule has 6 heteroatoms. The first-order valence-corrected chi connectivity index (χ1v) is 19.7. The van der Waals surface area contributed by atoms with E-state index < -0.39 is 0 Å². The molecule has 0 aliphatic rings. The van der Waals surface area contributed by atoms with E-state index in [9.17, 15) is 9.59 Å². The molecule has 0 aromatic heterocycles. The van der Waals surface area contributed by atoms with E-state index in [0.29, 0.717) is 26.1 Å². The van der Waals surface area contributed by atoms with Crippen LogP contribution in [0.5, 0.6) is 0 Å². The average molecular weight is 639 g/mol. The minimum Gasteiger partial charge on any atom is -0.466 e. The second kappa shape index (κ2) is 35.7. The van der Waals surface area contributed by atoms with Crippen molar-refractivity contribution in [3.63, 3.8) is 0 Å². The highest BCUT2D eigenvalue weighted by atomic mass is 16.5. The van der Waals surface area contributed by atoms with Gasteiger partial charge in [-0.25, -0.2) is 0 Å². The number of hydrogen-bond acceptors (Lipinski definition) is 6. The smallest absolute Gasteiger partial charge is 0.305 e. The van der Waals surface area contributed by atoms with Crippen LogP contribution in [0.25, 0.3) is 0 Å². The molecule has 0 aromatic rings. The van der Waals surface area contributed by atoms with E-state index in [1.165, 1.54) is 129 Å². The molecule has 0 N–H and O–H groups in total. The molecule has 0 aliphatic heterocycles. The van der Waals surface area contributed by atoms with E-state index in [0.717, 1.165) is 57.9 Å². The molecule has 0 unspecified atom stereocenters. The van der Waals surface area contributed by atoms with Crippen molar-refractivity contribution >= 4 is 11.9 Å². The molecule has 0 rings (SSSR count). The third-order valence-corrected chi connectivity index (χ3v) is 8.81. The Bertz CT molecular complexity index is 582. The summed E-state index contributed by atoms with van der Waals surface area (Å²) in [6, 6.07) is 0. The summed E-state index contributed by atoms with van der Waals surface area (Å²) < 4.78 is 10.9. The van der Waals surface area contributed by atoms with E-state index in [1.54, 1.807) is 0 Å². The molecule has 268 valence electrons. The van der Waals surface area contributed by atoms with E-state index in [1.807, 2.05) is 0 Å². The predicted octanol–water partition coefficient (Wildman–Crippen LogP) is 10.5. The first-order chi connectivity index (χ1) is 22.0. The Balaban J connectivity index is 3.78. The number of carbonyl (C=O) groups is 2. The highest BCUT2D eigenvalue weighted by Gasteiger charge is 2.07. The van der Waals surface area contributed by atoms with Crippen LogP contribution in [0.1, 0.15) is 187 Å². The van der Waals surface area contributed by atoms with Crippen LogP contribution in [0, 0.1) is 0 Å². The topological polar surface area (TPSA) is 59.1 Å². The maximum atomic E-state index is 11.9. The summed E-state index contributed by atoms with van der Waals surface area (Å²) in [6.45, 7) is 10.4. The van der Waals surface area contributed by atoms with Crippen molar-refractivity contribution in [2.75, 3.05) is 53.5 Å². The normalized spacial score (nSPS) is 11.5. The van der Waals surface area contributed by atoms with Gasteiger partial charge < -0.3 is 19.3 Å². The van der Waals surface area contributed by atoms with Crippen molar-refractivity contribution in [1.82, 2.24) is 9.80 Å². The van der Waals surface area contributed by atoms with Crippen LogP contribution >= 0.6 is 0 Å². The SMILES string of the molecule is CCCCCCCCCC(=O)OCCCCCCCN(CCCCCCCOC(=O)CCCCCCCCC)CCCN(C)C. The van der Waals surface area contributed by atoms with Crippen LogP contribution in [0.4, 0.5) is 0 Å². The Morgan fingerprint density at radius 3 is 1.13 bits per heavy atom. The molecule has 0 amide bonds. The lowest BCUT2D eigenvalue weighted by Gasteiger charge is -2.23. The molecule has 0 saturated carbocycles.